The quantitative estimate of drug-likeness (QED) is 0.750. The molecule has 1 saturated carbocycles. The maximum atomic E-state index is 13.9. The molecule has 0 bridgehead atoms. The van der Waals surface area contributed by atoms with Gasteiger partial charge in [0.25, 0.3) is 0 Å². The number of likely N-dealkylation sites (tertiary alicyclic amines) is 1. The van der Waals surface area contributed by atoms with Crippen molar-refractivity contribution in [3.63, 3.8) is 0 Å². The van der Waals surface area contributed by atoms with Crippen LogP contribution < -0.4 is 4.74 Å². The molecule has 1 aliphatic carbocycles. The lowest BCUT2D eigenvalue weighted by molar-refractivity contribution is -0.145. The van der Waals surface area contributed by atoms with Crippen molar-refractivity contribution in [2.24, 2.45) is 0 Å². The second-order valence-corrected chi connectivity index (χ2v) is 11.5. The molecule has 1 unspecified atom stereocenters. The number of methoxy groups -OCH3 is 1. The molecule has 160 valence electrons. The van der Waals surface area contributed by atoms with Crippen molar-refractivity contribution in [1.29, 1.82) is 0 Å². The van der Waals surface area contributed by atoms with E-state index in [1.165, 1.54) is 11.4 Å². The van der Waals surface area contributed by atoms with E-state index in [1.54, 1.807) is 12.1 Å². The van der Waals surface area contributed by atoms with Gasteiger partial charge in [-0.1, -0.05) is 26.8 Å². The number of ether oxygens (including phenoxy) is 1. The molecule has 1 aromatic carbocycles. The van der Waals surface area contributed by atoms with Gasteiger partial charge < -0.3 is 9.64 Å². The molecule has 3 fully saturated rings. The summed E-state index contributed by atoms with van der Waals surface area (Å²) >= 11 is 0. The van der Waals surface area contributed by atoms with E-state index < -0.39 is 15.6 Å². The van der Waals surface area contributed by atoms with Crippen LogP contribution in [0.25, 0.3) is 0 Å². The number of hydrogen-bond acceptors (Lipinski definition) is 4. The summed E-state index contributed by atoms with van der Waals surface area (Å²) in [5.74, 6) is 0.348. The van der Waals surface area contributed by atoms with Gasteiger partial charge in [-0.2, -0.15) is 4.31 Å². The van der Waals surface area contributed by atoms with Crippen LogP contribution in [0.4, 0.5) is 0 Å². The van der Waals surface area contributed by atoms with E-state index in [0.29, 0.717) is 37.6 Å². The molecular weight excluding hydrogens is 388 g/mol. The van der Waals surface area contributed by atoms with Gasteiger partial charge in [-0.15, -0.1) is 0 Å². The van der Waals surface area contributed by atoms with Gasteiger partial charge in [-0.05, 0) is 61.6 Å². The number of sulfonamides is 1. The van der Waals surface area contributed by atoms with E-state index in [2.05, 4.69) is 20.8 Å². The average Bonchev–Trinajstić information content (AvgIpc) is 3.42. The van der Waals surface area contributed by atoms with Gasteiger partial charge in [0.2, 0.25) is 15.9 Å². The molecule has 2 saturated heterocycles. The third kappa shape index (κ3) is 3.36. The third-order valence-electron chi connectivity index (χ3n) is 6.66. The number of rotatable bonds is 4. The highest BCUT2D eigenvalue weighted by Gasteiger charge is 2.57. The molecule has 1 aromatic rings. The average molecular weight is 421 g/mol. The maximum absolute atomic E-state index is 13.9. The van der Waals surface area contributed by atoms with Crippen molar-refractivity contribution in [3.8, 4) is 5.75 Å². The first-order valence-corrected chi connectivity index (χ1v) is 12.1. The summed E-state index contributed by atoms with van der Waals surface area (Å²) in [6.45, 7) is 7.31. The zero-order valence-electron chi connectivity index (χ0n) is 17.9. The molecule has 4 rings (SSSR count). The lowest BCUT2D eigenvalue weighted by atomic mass is 9.86. The van der Waals surface area contributed by atoms with E-state index in [1.807, 2.05) is 11.0 Å². The number of hydrogen-bond donors (Lipinski definition) is 0. The molecule has 6 nitrogen and oxygen atoms in total. The summed E-state index contributed by atoms with van der Waals surface area (Å²) in [6, 6.07) is 5.68. The normalized spacial score (nSPS) is 26.3. The Balaban J connectivity index is 1.78. The highest BCUT2D eigenvalue weighted by Crippen LogP contribution is 2.45. The summed E-state index contributed by atoms with van der Waals surface area (Å²) in [5, 5.41) is 0. The SMILES string of the molecule is COc1ccc(C(C)(C)C)cc1S(=O)(=O)N1CCCC12CCCN(C1CC1)C2=O. The molecule has 1 spiro atoms. The molecular formula is C22H32N2O4S. The summed E-state index contributed by atoms with van der Waals surface area (Å²) in [6.07, 6.45) is 4.86. The second kappa shape index (κ2) is 6.98. The van der Waals surface area contributed by atoms with Crippen LogP contribution in [0.3, 0.4) is 0 Å². The number of nitrogens with zero attached hydrogens (tertiary/aromatic N) is 2. The number of carbonyl (C=O) groups excluding carboxylic acids is 1. The van der Waals surface area contributed by atoms with E-state index in [-0.39, 0.29) is 16.2 Å². The zero-order valence-corrected chi connectivity index (χ0v) is 18.7. The Labute approximate surface area is 174 Å². The van der Waals surface area contributed by atoms with Gasteiger partial charge in [0, 0.05) is 19.1 Å². The van der Waals surface area contributed by atoms with E-state index in [9.17, 15) is 13.2 Å². The lowest BCUT2D eigenvalue weighted by Gasteiger charge is -2.44. The molecule has 2 aliphatic heterocycles. The standard InChI is InChI=1S/C22H32N2O4S/c1-21(2,3)16-7-10-18(28-4)19(15-16)29(26,27)24-14-6-12-22(24)11-5-13-23(20(22)25)17-8-9-17/h7,10,15,17H,5-6,8-9,11-14H2,1-4H3. The zero-order chi connectivity index (χ0) is 21.0. The predicted molar refractivity (Wildman–Crippen MR) is 112 cm³/mol. The van der Waals surface area contributed by atoms with E-state index in [4.69, 9.17) is 4.74 Å². The first-order chi connectivity index (χ1) is 13.6. The molecule has 0 radical (unpaired) electrons. The lowest BCUT2D eigenvalue weighted by Crippen LogP contribution is -2.61. The van der Waals surface area contributed by atoms with Crippen LogP contribution >= 0.6 is 0 Å². The van der Waals surface area contributed by atoms with Gasteiger partial charge in [-0.25, -0.2) is 8.42 Å². The van der Waals surface area contributed by atoms with Gasteiger partial charge in [0.15, 0.2) is 0 Å². The van der Waals surface area contributed by atoms with Gasteiger partial charge in [0.1, 0.15) is 16.2 Å². The third-order valence-corrected chi connectivity index (χ3v) is 8.65. The van der Waals surface area contributed by atoms with Crippen molar-refractivity contribution < 1.29 is 17.9 Å². The molecule has 1 amide bonds. The first kappa shape index (κ1) is 20.7. The van der Waals surface area contributed by atoms with Crippen LogP contribution in [0.2, 0.25) is 0 Å². The summed E-state index contributed by atoms with van der Waals surface area (Å²) in [7, 11) is -2.38. The monoisotopic (exact) mass is 420 g/mol. The van der Waals surface area contributed by atoms with Crippen molar-refractivity contribution in [2.45, 2.75) is 81.2 Å². The Bertz CT molecular complexity index is 917. The van der Waals surface area contributed by atoms with Crippen LogP contribution in [0.1, 0.15) is 64.9 Å². The highest BCUT2D eigenvalue weighted by molar-refractivity contribution is 7.89. The minimum Gasteiger partial charge on any atom is -0.495 e. The van der Waals surface area contributed by atoms with Crippen LogP contribution in [0.5, 0.6) is 5.75 Å². The summed E-state index contributed by atoms with van der Waals surface area (Å²) < 4.78 is 34.7. The fourth-order valence-electron chi connectivity index (χ4n) is 4.88. The van der Waals surface area contributed by atoms with Crippen molar-refractivity contribution in [1.82, 2.24) is 9.21 Å². The van der Waals surface area contributed by atoms with Gasteiger partial charge in [0.05, 0.1) is 7.11 Å². The van der Waals surface area contributed by atoms with Crippen LogP contribution in [-0.2, 0) is 20.2 Å². The van der Waals surface area contributed by atoms with E-state index in [0.717, 1.165) is 31.4 Å². The van der Waals surface area contributed by atoms with Gasteiger partial charge >= 0.3 is 0 Å². The number of amides is 1. The Hall–Kier alpha value is -1.60. The largest absolute Gasteiger partial charge is 0.495 e. The smallest absolute Gasteiger partial charge is 0.247 e. The Morgan fingerprint density at radius 3 is 2.34 bits per heavy atom. The minimum absolute atomic E-state index is 0.0123. The molecule has 2 heterocycles. The van der Waals surface area contributed by atoms with Crippen molar-refractivity contribution >= 4 is 15.9 Å². The van der Waals surface area contributed by atoms with Crippen LogP contribution in [-0.4, -0.2) is 55.3 Å². The number of carbonyl (C=O) groups is 1. The highest BCUT2D eigenvalue weighted by atomic mass is 32.2. The Morgan fingerprint density at radius 1 is 1.10 bits per heavy atom. The van der Waals surface area contributed by atoms with Crippen LogP contribution in [0, 0.1) is 0 Å². The number of benzene rings is 1. The summed E-state index contributed by atoms with van der Waals surface area (Å²) in [5.41, 5.74) is -0.190. The molecule has 29 heavy (non-hydrogen) atoms. The Morgan fingerprint density at radius 2 is 1.76 bits per heavy atom. The molecule has 3 aliphatic rings. The second-order valence-electron chi connectivity index (χ2n) is 9.66. The molecule has 0 aromatic heterocycles. The first-order valence-electron chi connectivity index (χ1n) is 10.6. The summed E-state index contributed by atoms with van der Waals surface area (Å²) in [4.78, 5) is 15.6. The molecule has 0 N–H and O–H groups in total. The number of piperidine rings is 1. The fourth-order valence-corrected chi connectivity index (χ4v) is 6.89. The van der Waals surface area contributed by atoms with E-state index >= 15 is 0 Å². The van der Waals surface area contributed by atoms with Gasteiger partial charge in [-0.3, -0.25) is 4.79 Å². The van der Waals surface area contributed by atoms with Crippen molar-refractivity contribution in [3.05, 3.63) is 23.8 Å². The van der Waals surface area contributed by atoms with Crippen molar-refractivity contribution in [2.75, 3.05) is 20.2 Å². The maximum Gasteiger partial charge on any atom is 0.247 e. The fraction of sp³-hybridized carbons (Fsp3) is 0.682. The van der Waals surface area contributed by atoms with Crippen LogP contribution in [0.15, 0.2) is 23.1 Å². The molecule has 7 heteroatoms. The predicted octanol–water partition coefficient (Wildman–Crippen LogP) is 3.30. The minimum atomic E-state index is -3.87. The topological polar surface area (TPSA) is 66.9 Å². The molecule has 1 atom stereocenters. The Kier molecular flexibility index (Phi) is 4.97.